The van der Waals surface area contributed by atoms with E-state index in [2.05, 4.69) is 5.10 Å². The highest BCUT2D eigenvalue weighted by Gasteiger charge is 2.18. The van der Waals surface area contributed by atoms with Crippen LogP contribution in [0.15, 0.2) is 0 Å². The van der Waals surface area contributed by atoms with Crippen LogP contribution < -0.4 is 0 Å². The number of ketones is 1. The SMILES string of the molecule is CCC(=O)C(C)Cc1c(Cl)c(CC)nn1C. The highest BCUT2D eigenvalue weighted by atomic mass is 35.5. The van der Waals surface area contributed by atoms with Crippen molar-refractivity contribution in [3.63, 3.8) is 0 Å². The average molecular weight is 243 g/mol. The van der Waals surface area contributed by atoms with Gasteiger partial charge in [-0.15, -0.1) is 0 Å². The molecule has 0 radical (unpaired) electrons. The molecule has 0 spiro atoms. The lowest BCUT2D eigenvalue weighted by Gasteiger charge is -2.09. The van der Waals surface area contributed by atoms with Crippen molar-refractivity contribution in [2.45, 2.75) is 40.0 Å². The molecule has 0 saturated heterocycles. The first-order valence-electron chi connectivity index (χ1n) is 5.74. The summed E-state index contributed by atoms with van der Waals surface area (Å²) in [5.74, 6) is 0.290. The monoisotopic (exact) mass is 242 g/mol. The fourth-order valence-corrected chi connectivity index (χ4v) is 2.16. The predicted molar refractivity (Wildman–Crippen MR) is 65.8 cm³/mol. The van der Waals surface area contributed by atoms with E-state index < -0.39 is 0 Å². The molecular weight excluding hydrogens is 224 g/mol. The van der Waals surface area contributed by atoms with Crippen LogP contribution in [0.5, 0.6) is 0 Å². The number of hydrogen-bond acceptors (Lipinski definition) is 2. The quantitative estimate of drug-likeness (QED) is 0.796. The Balaban J connectivity index is 2.89. The zero-order valence-electron chi connectivity index (χ0n) is 10.4. The smallest absolute Gasteiger partial charge is 0.135 e. The molecule has 0 aromatic carbocycles. The van der Waals surface area contributed by atoms with E-state index in [4.69, 9.17) is 11.6 Å². The van der Waals surface area contributed by atoms with Crippen molar-refractivity contribution in [3.8, 4) is 0 Å². The number of carbonyl (C=O) groups excluding carboxylic acids is 1. The minimum Gasteiger partial charge on any atom is -0.299 e. The topological polar surface area (TPSA) is 34.9 Å². The molecule has 0 aliphatic heterocycles. The number of halogens is 1. The number of Topliss-reactive ketones (excluding diaryl/α,β-unsaturated/α-hetero) is 1. The largest absolute Gasteiger partial charge is 0.299 e. The molecule has 16 heavy (non-hydrogen) atoms. The molecule has 0 amide bonds. The molecule has 90 valence electrons. The minimum atomic E-state index is 0.0163. The number of carbonyl (C=O) groups is 1. The van der Waals surface area contributed by atoms with Gasteiger partial charge in [0.15, 0.2) is 0 Å². The van der Waals surface area contributed by atoms with E-state index in [0.717, 1.165) is 22.8 Å². The summed E-state index contributed by atoms with van der Waals surface area (Å²) in [4.78, 5) is 11.5. The first-order valence-corrected chi connectivity index (χ1v) is 6.11. The van der Waals surface area contributed by atoms with E-state index in [-0.39, 0.29) is 11.7 Å². The summed E-state index contributed by atoms with van der Waals surface area (Å²) in [7, 11) is 1.88. The van der Waals surface area contributed by atoms with Crippen molar-refractivity contribution in [3.05, 3.63) is 16.4 Å². The number of aromatic nitrogens is 2. The molecule has 1 rings (SSSR count). The van der Waals surface area contributed by atoms with Crippen LogP contribution in [0.3, 0.4) is 0 Å². The maximum Gasteiger partial charge on any atom is 0.135 e. The summed E-state index contributed by atoms with van der Waals surface area (Å²) in [6.45, 7) is 5.86. The Labute approximate surface area is 102 Å². The lowest BCUT2D eigenvalue weighted by molar-refractivity contribution is -0.122. The third-order valence-corrected chi connectivity index (χ3v) is 3.34. The van der Waals surface area contributed by atoms with Gasteiger partial charge in [0.25, 0.3) is 0 Å². The number of hydrogen-bond donors (Lipinski definition) is 0. The summed E-state index contributed by atoms with van der Waals surface area (Å²) in [5.41, 5.74) is 1.88. The minimum absolute atomic E-state index is 0.0163. The Hall–Kier alpha value is -0.830. The second-order valence-electron chi connectivity index (χ2n) is 4.11. The summed E-state index contributed by atoms with van der Waals surface area (Å²) in [6.07, 6.45) is 2.08. The average Bonchev–Trinajstić information content (AvgIpc) is 2.55. The Morgan fingerprint density at radius 3 is 2.56 bits per heavy atom. The summed E-state index contributed by atoms with van der Waals surface area (Å²) < 4.78 is 1.79. The van der Waals surface area contributed by atoms with Crippen LogP contribution in [-0.2, 0) is 24.7 Å². The van der Waals surface area contributed by atoms with Crippen LogP contribution in [0.1, 0.15) is 38.6 Å². The van der Waals surface area contributed by atoms with Crippen molar-refractivity contribution in [2.24, 2.45) is 13.0 Å². The van der Waals surface area contributed by atoms with Gasteiger partial charge in [0.1, 0.15) is 5.78 Å². The standard InChI is InChI=1S/C12H19ClN2O/c1-5-9-12(13)10(15(4)14-9)7-8(3)11(16)6-2/h8H,5-7H2,1-4H3. The van der Waals surface area contributed by atoms with Crippen LogP contribution >= 0.6 is 11.6 Å². The number of rotatable bonds is 5. The molecule has 1 aromatic heterocycles. The molecule has 0 aliphatic carbocycles. The van der Waals surface area contributed by atoms with Gasteiger partial charge in [0.2, 0.25) is 0 Å². The van der Waals surface area contributed by atoms with Gasteiger partial charge in [-0.05, 0) is 6.42 Å². The molecule has 3 nitrogen and oxygen atoms in total. The highest BCUT2D eigenvalue weighted by Crippen LogP contribution is 2.23. The third kappa shape index (κ3) is 2.64. The zero-order chi connectivity index (χ0) is 12.3. The summed E-state index contributed by atoms with van der Waals surface area (Å²) in [6, 6.07) is 0. The highest BCUT2D eigenvalue weighted by molar-refractivity contribution is 6.31. The predicted octanol–water partition coefficient (Wildman–Crippen LogP) is 2.79. The van der Waals surface area contributed by atoms with Crippen molar-refractivity contribution < 1.29 is 4.79 Å². The molecular formula is C12H19ClN2O. The van der Waals surface area contributed by atoms with Gasteiger partial charge in [-0.3, -0.25) is 9.48 Å². The fourth-order valence-electron chi connectivity index (χ4n) is 1.79. The van der Waals surface area contributed by atoms with Gasteiger partial charge in [0.05, 0.1) is 16.4 Å². The van der Waals surface area contributed by atoms with Crippen LogP contribution in [-0.4, -0.2) is 15.6 Å². The molecule has 1 aromatic rings. The van der Waals surface area contributed by atoms with E-state index in [9.17, 15) is 4.79 Å². The number of nitrogens with zero attached hydrogens (tertiary/aromatic N) is 2. The molecule has 0 N–H and O–H groups in total. The van der Waals surface area contributed by atoms with Gasteiger partial charge in [-0.2, -0.15) is 5.10 Å². The molecule has 1 heterocycles. The normalized spacial score (nSPS) is 12.8. The lowest BCUT2D eigenvalue weighted by Crippen LogP contribution is -2.14. The lowest BCUT2D eigenvalue weighted by atomic mass is 9.98. The van der Waals surface area contributed by atoms with Crippen LogP contribution in [0.25, 0.3) is 0 Å². The van der Waals surface area contributed by atoms with E-state index in [1.54, 1.807) is 4.68 Å². The van der Waals surface area contributed by atoms with E-state index in [1.165, 1.54) is 0 Å². The van der Waals surface area contributed by atoms with Crippen LogP contribution in [0.2, 0.25) is 5.02 Å². The van der Waals surface area contributed by atoms with Crippen molar-refractivity contribution >= 4 is 17.4 Å². The molecule has 0 bridgehead atoms. The molecule has 0 saturated carbocycles. The Kier molecular flexibility index (Phi) is 4.54. The second-order valence-corrected chi connectivity index (χ2v) is 4.49. The first-order chi connectivity index (χ1) is 7.51. The van der Waals surface area contributed by atoms with Crippen LogP contribution in [0, 0.1) is 5.92 Å². The second kappa shape index (κ2) is 5.48. The first kappa shape index (κ1) is 13.2. The van der Waals surface area contributed by atoms with E-state index >= 15 is 0 Å². The van der Waals surface area contributed by atoms with Gasteiger partial charge in [-0.25, -0.2) is 0 Å². The molecule has 1 unspecified atom stereocenters. The molecule has 4 heteroatoms. The maximum absolute atomic E-state index is 11.5. The third-order valence-electron chi connectivity index (χ3n) is 2.90. The Bertz CT molecular complexity index is 385. The molecule has 0 aliphatic rings. The van der Waals surface area contributed by atoms with Crippen molar-refractivity contribution in [1.29, 1.82) is 0 Å². The maximum atomic E-state index is 11.5. The zero-order valence-corrected chi connectivity index (χ0v) is 11.1. The van der Waals surface area contributed by atoms with Crippen molar-refractivity contribution in [1.82, 2.24) is 9.78 Å². The fraction of sp³-hybridized carbons (Fsp3) is 0.667. The van der Waals surface area contributed by atoms with E-state index in [1.807, 2.05) is 27.8 Å². The van der Waals surface area contributed by atoms with Crippen molar-refractivity contribution in [2.75, 3.05) is 0 Å². The summed E-state index contributed by atoms with van der Waals surface area (Å²) in [5, 5.41) is 5.06. The van der Waals surface area contributed by atoms with Gasteiger partial charge < -0.3 is 0 Å². The Morgan fingerprint density at radius 2 is 2.12 bits per heavy atom. The molecule has 1 atom stereocenters. The number of aryl methyl sites for hydroxylation is 2. The van der Waals surface area contributed by atoms with Gasteiger partial charge in [-0.1, -0.05) is 32.4 Å². The van der Waals surface area contributed by atoms with Gasteiger partial charge >= 0.3 is 0 Å². The Morgan fingerprint density at radius 1 is 1.50 bits per heavy atom. The van der Waals surface area contributed by atoms with Gasteiger partial charge in [0, 0.05) is 25.8 Å². The summed E-state index contributed by atoms with van der Waals surface area (Å²) >= 11 is 6.23. The van der Waals surface area contributed by atoms with Crippen LogP contribution in [0.4, 0.5) is 0 Å². The van der Waals surface area contributed by atoms with E-state index in [0.29, 0.717) is 12.8 Å². The molecule has 0 fully saturated rings.